The molecule has 1 atom stereocenters. The van der Waals surface area contributed by atoms with Crippen molar-refractivity contribution in [2.75, 3.05) is 13.1 Å². The van der Waals surface area contributed by atoms with Crippen LogP contribution in [0.25, 0.3) is 0 Å². The summed E-state index contributed by atoms with van der Waals surface area (Å²) in [6.45, 7) is 7.72. The Hall–Kier alpha value is -2.04. The number of alkyl carbamates (subject to hydrolysis) is 1. The predicted molar refractivity (Wildman–Crippen MR) is 105 cm³/mol. The average molecular weight is 363 g/mol. The molecule has 0 saturated carbocycles. The molecule has 5 heteroatoms. The molecule has 0 spiro atoms. The summed E-state index contributed by atoms with van der Waals surface area (Å²) >= 11 is 0. The van der Waals surface area contributed by atoms with Crippen molar-refractivity contribution >= 4 is 12.0 Å². The lowest BCUT2D eigenvalue weighted by Crippen LogP contribution is -2.47. The van der Waals surface area contributed by atoms with Crippen LogP contribution in [0.5, 0.6) is 0 Å². The fourth-order valence-electron chi connectivity index (χ4n) is 2.71. The number of carbonyl (C=O) groups excluding carboxylic acids is 2. The SMILES string of the molecule is CCCCCN(CCCCC)C(=O)[C@H](C)NC(=O)OCc1ccccc1. The molecule has 1 aromatic carbocycles. The Morgan fingerprint density at radius 1 is 1.00 bits per heavy atom. The maximum absolute atomic E-state index is 12.7. The molecule has 2 amide bonds. The topological polar surface area (TPSA) is 58.6 Å². The van der Waals surface area contributed by atoms with Gasteiger partial charge in [0.15, 0.2) is 0 Å². The van der Waals surface area contributed by atoms with Gasteiger partial charge in [0.2, 0.25) is 5.91 Å². The molecule has 1 rings (SSSR count). The fourth-order valence-corrected chi connectivity index (χ4v) is 2.71. The number of ether oxygens (including phenoxy) is 1. The minimum absolute atomic E-state index is 0.0335. The van der Waals surface area contributed by atoms with Crippen LogP contribution in [-0.2, 0) is 16.1 Å². The Bertz CT molecular complexity index is 509. The van der Waals surface area contributed by atoms with Crippen LogP contribution < -0.4 is 5.32 Å². The van der Waals surface area contributed by atoms with E-state index in [1.54, 1.807) is 6.92 Å². The first-order valence-corrected chi connectivity index (χ1v) is 9.84. The molecule has 1 N–H and O–H groups in total. The molecule has 1 aromatic rings. The Kier molecular flexibility index (Phi) is 11.2. The largest absolute Gasteiger partial charge is 0.445 e. The van der Waals surface area contributed by atoms with Crippen LogP contribution in [0.4, 0.5) is 4.79 Å². The summed E-state index contributed by atoms with van der Waals surface area (Å²) in [7, 11) is 0. The van der Waals surface area contributed by atoms with Crippen LogP contribution in [0.3, 0.4) is 0 Å². The summed E-state index contributed by atoms with van der Waals surface area (Å²) in [5.41, 5.74) is 0.919. The molecule has 0 unspecified atom stereocenters. The molecule has 0 fully saturated rings. The Morgan fingerprint density at radius 3 is 2.12 bits per heavy atom. The van der Waals surface area contributed by atoms with Crippen molar-refractivity contribution in [3.63, 3.8) is 0 Å². The van der Waals surface area contributed by atoms with Gasteiger partial charge < -0.3 is 15.0 Å². The molecule has 5 nitrogen and oxygen atoms in total. The van der Waals surface area contributed by atoms with Crippen LogP contribution in [0.1, 0.15) is 64.9 Å². The van der Waals surface area contributed by atoms with E-state index in [-0.39, 0.29) is 12.5 Å². The second kappa shape index (κ2) is 13.2. The van der Waals surface area contributed by atoms with Gasteiger partial charge in [-0.05, 0) is 25.3 Å². The first-order valence-electron chi connectivity index (χ1n) is 9.84. The molecule has 0 radical (unpaired) electrons. The zero-order valence-corrected chi connectivity index (χ0v) is 16.5. The predicted octanol–water partition coefficient (Wildman–Crippen LogP) is 4.51. The fraction of sp³-hybridized carbons (Fsp3) is 0.619. The van der Waals surface area contributed by atoms with E-state index in [9.17, 15) is 9.59 Å². The maximum atomic E-state index is 12.7. The number of benzene rings is 1. The maximum Gasteiger partial charge on any atom is 0.408 e. The summed E-state index contributed by atoms with van der Waals surface area (Å²) < 4.78 is 5.20. The van der Waals surface area contributed by atoms with Gasteiger partial charge in [-0.3, -0.25) is 4.79 Å². The van der Waals surface area contributed by atoms with E-state index in [0.29, 0.717) is 0 Å². The molecule has 146 valence electrons. The number of hydrogen-bond donors (Lipinski definition) is 1. The second-order valence-corrected chi connectivity index (χ2v) is 6.67. The van der Waals surface area contributed by atoms with Crippen LogP contribution in [0, 0.1) is 0 Å². The van der Waals surface area contributed by atoms with Crippen molar-refractivity contribution in [2.45, 2.75) is 71.9 Å². The molecule has 0 aliphatic carbocycles. The number of carbonyl (C=O) groups is 2. The Labute approximate surface area is 158 Å². The van der Waals surface area contributed by atoms with Gasteiger partial charge >= 0.3 is 6.09 Å². The molecule has 0 aliphatic rings. The first-order chi connectivity index (χ1) is 12.6. The van der Waals surface area contributed by atoms with E-state index in [1.165, 1.54) is 0 Å². The number of amides is 2. The second-order valence-electron chi connectivity index (χ2n) is 6.67. The van der Waals surface area contributed by atoms with Gasteiger partial charge in [0.1, 0.15) is 12.6 Å². The zero-order valence-electron chi connectivity index (χ0n) is 16.5. The standard InChI is InChI=1S/C21H34N2O3/c1-4-6-11-15-23(16-12-7-5-2)20(24)18(3)22-21(25)26-17-19-13-9-8-10-14-19/h8-10,13-14,18H,4-7,11-12,15-17H2,1-3H3,(H,22,25)/t18-/m0/s1. The first kappa shape index (κ1) is 22.0. The summed E-state index contributed by atoms with van der Waals surface area (Å²) in [5, 5.41) is 2.66. The van der Waals surface area contributed by atoms with Gasteiger partial charge in [-0.25, -0.2) is 4.79 Å². The zero-order chi connectivity index (χ0) is 19.2. The van der Waals surface area contributed by atoms with Gasteiger partial charge in [-0.1, -0.05) is 69.9 Å². The average Bonchev–Trinajstić information content (AvgIpc) is 2.65. The minimum atomic E-state index is -0.582. The number of hydrogen-bond acceptors (Lipinski definition) is 3. The normalized spacial score (nSPS) is 11.7. The summed E-state index contributed by atoms with van der Waals surface area (Å²) in [6.07, 6.45) is 5.90. The monoisotopic (exact) mass is 362 g/mol. The highest BCUT2D eigenvalue weighted by atomic mass is 16.5. The molecule has 0 heterocycles. The number of nitrogens with zero attached hydrogens (tertiary/aromatic N) is 1. The van der Waals surface area contributed by atoms with Gasteiger partial charge in [-0.2, -0.15) is 0 Å². The van der Waals surface area contributed by atoms with Crippen LogP contribution in [0.15, 0.2) is 30.3 Å². The third-order valence-electron chi connectivity index (χ3n) is 4.29. The van der Waals surface area contributed by atoms with Crippen molar-refractivity contribution in [3.8, 4) is 0 Å². The molecule has 0 aromatic heterocycles. The third kappa shape index (κ3) is 8.88. The molecule has 0 saturated heterocycles. The number of nitrogens with one attached hydrogen (secondary N) is 1. The van der Waals surface area contributed by atoms with E-state index in [0.717, 1.165) is 57.2 Å². The van der Waals surface area contributed by atoms with Crippen molar-refractivity contribution in [2.24, 2.45) is 0 Å². The lowest BCUT2D eigenvalue weighted by atomic mass is 10.2. The van der Waals surface area contributed by atoms with Crippen LogP contribution in [-0.4, -0.2) is 36.0 Å². The van der Waals surface area contributed by atoms with E-state index >= 15 is 0 Å². The van der Waals surface area contributed by atoms with E-state index in [2.05, 4.69) is 19.2 Å². The Balaban J connectivity index is 2.46. The van der Waals surface area contributed by atoms with Crippen molar-refractivity contribution in [1.82, 2.24) is 10.2 Å². The van der Waals surface area contributed by atoms with Crippen molar-refractivity contribution in [3.05, 3.63) is 35.9 Å². The van der Waals surface area contributed by atoms with Gasteiger partial charge in [0, 0.05) is 13.1 Å². The van der Waals surface area contributed by atoms with Crippen LogP contribution >= 0.6 is 0 Å². The minimum Gasteiger partial charge on any atom is -0.445 e. The summed E-state index contributed by atoms with van der Waals surface area (Å²) in [4.78, 5) is 26.5. The number of unbranched alkanes of at least 4 members (excludes halogenated alkanes) is 4. The van der Waals surface area contributed by atoms with Gasteiger partial charge in [0.05, 0.1) is 0 Å². The third-order valence-corrected chi connectivity index (χ3v) is 4.29. The molecule has 0 aliphatic heterocycles. The molecular weight excluding hydrogens is 328 g/mol. The highest BCUT2D eigenvalue weighted by Gasteiger charge is 2.22. The summed E-state index contributed by atoms with van der Waals surface area (Å²) in [5.74, 6) is -0.0335. The molecule has 26 heavy (non-hydrogen) atoms. The lowest BCUT2D eigenvalue weighted by molar-refractivity contribution is -0.133. The smallest absolute Gasteiger partial charge is 0.408 e. The van der Waals surface area contributed by atoms with Crippen molar-refractivity contribution in [1.29, 1.82) is 0 Å². The van der Waals surface area contributed by atoms with E-state index < -0.39 is 12.1 Å². The molecule has 0 bridgehead atoms. The lowest BCUT2D eigenvalue weighted by Gasteiger charge is -2.26. The number of rotatable bonds is 12. The van der Waals surface area contributed by atoms with Crippen LogP contribution in [0.2, 0.25) is 0 Å². The highest BCUT2D eigenvalue weighted by Crippen LogP contribution is 2.06. The van der Waals surface area contributed by atoms with Gasteiger partial charge in [-0.15, -0.1) is 0 Å². The highest BCUT2D eigenvalue weighted by molar-refractivity contribution is 5.85. The molecular formula is C21H34N2O3. The van der Waals surface area contributed by atoms with E-state index in [1.807, 2.05) is 35.2 Å². The summed E-state index contributed by atoms with van der Waals surface area (Å²) in [6, 6.07) is 8.91. The quantitative estimate of drug-likeness (QED) is 0.557. The Morgan fingerprint density at radius 2 is 1.58 bits per heavy atom. The van der Waals surface area contributed by atoms with E-state index in [4.69, 9.17) is 4.74 Å². The van der Waals surface area contributed by atoms with Crippen molar-refractivity contribution < 1.29 is 14.3 Å². The van der Waals surface area contributed by atoms with Gasteiger partial charge in [0.25, 0.3) is 0 Å².